The third kappa shape index (κ3) is 4.03. The molecule has 0 aliphatic heterocycles. The molecule has 0 spiro atoms. The molecule has 1 aromatic heterocycles. The Hall–Kier alpha value is -1.43. The number of benzene rings is 1. The number of aliphatic hydroxyl groups excluding tert-OH is 1. The fourth-order valence-corrected chi connectivity index (χ4v) is 2.89. The summed E-state index contributed by atoms with van der Waals surface area (Å²) in [6, 6.07) is 9.78. The van der Waals surface area contributed by atoms with Gasteiger partial charge in [-0.3, -0.25) is 0 Å². The van der Waals surface area contributed by atoms with E-state index in [1.807, 2.05) is 30.3 Å². The molecular weight excluding hydrogens is 284 g/mol. The van der Waals surface area contributed by atoms with Crippen molar-refractivity contribution in [1.82, 2.24) is 10.3 Å². The van der Waals surface area contributed by atoms with Crippen LogP contribution in [0.15, 0.2) is 35.7 Å². The quantitative estimate of drug-likeness (QED) is 0.787. The number of para-hydroxylation sites is 1. The molecule has 1 fully saturated rings. The summed E-state index contributed by atoms with van der Waals surface area (Å²) in [5, 5.41) is 15.7. The second-order valence-corrected chi connectivity index (χ2v) is 6.54. The molecule has 1 aromatic carbocycles. The number of thiazole rings is 1. The molecule has 5 heteroatoms. The summed E-state index contributed by atoms with van der Waals surface area (Å²) in [7, 11) is 0. The molecule has 1 aliphatic rings. The van der Waals surface area contributed by atoms with Crippen molar-refractivity contribution in [3.05, 3.63) is 46.4 Å². The van der Waals surface area contributed by atoms with Gasteiger partial charge in [0.2, 0.25) is 0 Å². The highest BCUT2D eigenvalue weighted by Gasteiger charge is 2.41. The van der Waals surface area contributed by atoms with Crippen LogP contribution in [0.1, 0.15) is 23.5 Å². The highest BCUT2D eigenvalue weighted by atomic mass is 32.1. The van der Waals surface area contributed by atoms with E-state index in [0.717, 1.165) is 42.4 Å². The number of rotatable bonds is 8. The van der Waals surface area contributed by atoms with Gasteiger partial charge in [0.1, 0.15) is 17.4 Å². The van der Waals surface area contributed by atoms with E-state index in [1.54, 1.807) is 11.3 Å². The Kier molecular flexibility index (Phi) is 4.53. The van der Waals surface area contributed by atoms with Gasteiger partial charge in [-0.05, 0) is 25.0 Å². The van der Waals surface area contributed by atoms with Crippen molar-refractivity contribution in [3.8, 4) is 5.75 Å². The van der Waals surface area contributed by atoms with Crippen molar-refractivity contribution >= 4 is 11.3 Å². The minimum absolute atomic E-state index is 0.148. The minimum Gasteiger partial charge on any atom is -0.486 e. The first-order valence-corrected chi connectivity index (χ1v) is 8.10. The Morgan fingerprint density at radius 2 is 2.10 bits per heavy atom. The lowest BCUT2D eigenvalue weighted by atomic mass is 10.1. The summed E-state index contributed by atoms with van der Waals surface area (Å²) in [6.45, 7) is 2.42. The molecule has 0 saturated heterocycles. The third-order valence-corrected chi connectivity index (χ3v) is 4.67. The van der Waals surface area contributed by atoms with Gasteiger partial charge in [-0.2, -0.15) is 0 Å². The van der Waals surface area contributed by atoms with E-state index in [4.69, 9.17) is 4.74 Å². The van der Waals surface area contributed by atoms with Crippen molar-refractivity contribution in [1.29, 1.82) is 0 Å². The summed E-state index contributed by atoms with van der Waals surface area (Å²) < 4.78 is 5.69. The first kappa shape index (κ1) is 14.5. The highest BCUT2D eigenvalue weighted by molar-refractivity contribution is 7.09. The van der Waals surface area contributed by atoms with E-state index in [1.165, 1.54) is 0 Å². The van der Waals surface area contributed by atoms with Gasteiger partial charge >= 0.3 is 0 Å². The van der Waals surface area contributed by atoms with Crippen molar-refractivity contribution in [2.24, 2.45) is 5.41 Å². The molecule has 4 nitrogen and oxygen atoms in total. The number of aliphatic hydroxyl groups is 1. The van der Waals surface area contributed by atoms with Gasteiger partial charge in [0, 0.05) is 30.5 Å². The fourth-order valence-electron chi connectivity index (χ4n) is 2.18. The van der Waals surface area contributed by atoms with Crippen LogP contribution in [0.4, 0.5) is 0 Å². The summed E-state index contributed by atoms with van der Waals surface area (Å²) in [5.74, 6) is 0.867. The molecule has 21 heavy (non-hydrogen) atoms. The Bertz CT molecular complexity index is 567. The van der Waals surface area contributed by atoms with Gasteiger partial charge in [-0.15, -0.1) is 11.3 Å². The van der Waals surface area contributed by atoms with Gasteiger partial charge in [-0.25, -0.2) is 4.98 Å². The summed E-state index contributed by atoms with van der Waals surface area (Å²) in [6.07, 6.45) is 2.26. The van der Waals surface area contributed by atoms with E-state index in [2.05, 4.69) is 15.7 Å². The van der Waals surface area contributed by atoms with Crippen LogP contribution in [0, 0.1) is 5.41 Å². The lowest BCUT2D eigenvalue weighted by Crippen LogP contribution is -2.26. The highest BCUT2D eigenvalue weighted by Crippen LogP contribution is 2.44. The van der Waals surface area contributed by atoms with Gasteiger partial charge in [-0.1, -0.05) is 18.2 Å². The van der Waals surface area contributed by atoms with E-state index < -0.39 is 0 Å². The fraction of sp³-hybridized carbons (Fsp3) is 0.438. The number of hydrogen-bond donors (Lipinski definition) is 2. The Labute approximate surface area is 128 Å². The van der Waals surface area contributed by atoms with Gasteiger partial charge < -0.3 is 15.2 Å². The summed E-state index contributed by atoms with van der Waals surface area (Å²) in [4.78, 5) is 4.56. The maximum Gasteiger partial charge on any atom is 0.140 e. The number of nitrogens with zero attached hydrogens (tertiary/aromatic N) is 1. The number of aromatic nitrogens is 1. The van der Waals surface area contributed by atoms with Gasteiger partial charge in [0.05, 0.1) is 5.69 Å². The molecule has 3 rings (SSSR count). The monoisotopic (exact) mass is 304 g/mol. The molecule has 0 unspecified atom stereocenters. The number of ether oxygens (including phenoxy) is 1. The second kappa shape index (κ2) is 6.56. The van der Waals surface area contributed by atoms with Crippen LogP contribution in [0.2, 0.25) is 0 Å². The normalized spacial score (nSPS) is 15.9. The van der Waals surface area contributed by atoms with Gasteiger partial charge in [0.15, 0.2) is 0 Å². The lowest BCUT2D eigenvalue weighted by Gasteiger charge is -2.11. The van der Waals surface area contributed by atoms with Crippen molar-refractivity contribution in [2.45, 2.75) is 26.0 Å². The largest absolute Gasteiger partial charge is 0.486 e. The van der Waals surface area contributed by atoms with Crippen LogP contribution in [0.3, 0.4) is 0 Å². The minimum atomic E-state index is 0.148. The SMILES string of the molecule is OCC1(CNCc2csc(COc3ccccc3)n2)CC1. The maximum atomic E-state index is 9.27. The zero-order valence-electron chi connectivity index (χ0n) is 11.9. The van der Waals surface area contributed by atoms with Crippen molar-refractivity contribution < 1.29 is 9.84 Å². The van der Waals surface area contributed by atoms with Gasteiger partial charge in [0.25, 0.3) is 0 Å². The molecule has 1 heterocycles. The molecular formula is C16H20N2O2S. The molecule has 0 amide bonds. The van der Waals surface area contributed by atoms with E-state index in [0.29, 0.717) is 6.61 Å². The van der Waals surface area contributed by atoms with Crippen LogP contribution >= 0.6 is 11.3 Å². The molecule has 112 valence electrons. The van der Waals surface area contributed by atoms with Crippen LogP contribution in [0.25, 0.3) is 0 Å². The van der Waals surface area contributed by atoms with Crippen LogP contribution < -0.4 is 10.1 Å². The van der Waals surface area contributed by atoms with Crippen molar-refractivity contribution in [3.63, 3.8) is 0 Å². The van der Waals surface area contributed by atoms with Crippen molar-refractivity contribution in [2.75, 3.05) is 13.2 Å². The summed E-state index contributed by atoms with van der Waals surface area (Å²) in [5.41, 5.74) is 1.19. The molecule has 0 atom stereocenters. The Morgan fingerprint density at radius 3 is 2.81 bits per heavy atom. The molecule has 2 N–H and O–H groups in total. The summed E-state index contributed by atoms with van der Waals surface area (Å²) >= 11 is 1.62. The van der Waals surface area contributed by atoms with E-state index >= 15 is 0 Å². The third-order valence-electron chi connectivity index (χ3n) is 3.80. The smallest absolute Gasteiger partial charge is 0.140 e. The van der Waals surface area contributed by atoms with Crippen LogP contribution in [0.5, 0.6) is 5.75 Å². The second-order valence-electron chi connectivity index (χ2n) is 5.60. The first-order chi connectivity index (χ1) is 10.3. The number of hydrogen-bond acceptors (Lipinski definition) is 5. The molecule has 2 aromatic rings. The lowest BCUT2D eigenvalue weighted by molar-refractivity contribution is 0.207. The molecule has 1 saturated carbocycles. The molecule has 0 bridgehead atoms. The van der Waals surface area contributed by atoms with Crippen LogP contribution in [-0.4, -0.2) is 23.2 Å². The van der Waals surface area contributed by atoms with Crippen LogP contribution in [-0.2, 0) is 13.2 Å². The van der Waals surface area contributed by atoms with E-state index in [9.17, 15) is 5.11 Å². The Morgan fingerprint density at radius 1 is 1.29 bits per heavy atom. The predicted octanol–water partition coefficient (Wildman–Crippen LogP) is 2.58. The zero-order chi connectivity index (χ0) is 14.5. The molecule has 1 aliphatic carbocycles. The Balaban J connectivity index is 1.43. The standard InChI is InChI=1S/C16H20N2O2S/c19-12-16(6-7-16)11-17-8-13-10-21-15(18-13)9-20-14-4-2-1-3-5-14/h1-5,10,17,19H,6-9,11-12H2. The predicted molar refractivity (Wildman–Crippen MR) is 83.3 cm³/mol. The maximum absolute atomic E-state index is 9.27. The average Bonchev–Trinajstić information content (AvgIpc) is 3.17. The molecule has 0 radical (unpaired) electrons. The average molecular weight is 304 g/mol. The topological polar surface area (TPSA) is 54.4 Å². The zero-order valence-corrected chi connectivity index (χ0v) is 12.7. The first-order valence-electron chi connectivity index (χ1n) is 7.22. The van der Waals surface area contributed by atoms with E-state index in [-0.39, 0.29) is 12.0 Å². The number of nitrogens with one attached hydrogen (secondary N) is 1.